The maximum atomic E-state index is 11.8. The summed E-state index contributed by atoms with van der Waals surface area (Å²) in [6.45, 7) is 4.93. The third kappa shape index (κ3) is 4.82. The molecule has 1 fully saturated rings. The molecule has 1 amide bonds. The Bertz CT molecular complexity index is 590. The summed E-state index contributed by atoms with van der Waals surface area (Å²) in [6, 6.07) is 7.83. The lowest BCUT2D eigenvalue weighted by Crippen LogP contribution is -2.32. The maximum absolute atomic E-state index is 11.8. The molecule has 5 nitrogen and oxygen atoms in total. The van der Waals surface area contributed by atoms with E-state index in [0.29, 0.717) is 0 Å². The molecule has 2 rings (SSSR count). The van der Waals surface area contributed by atoms with Gasteiger partial charge >= 0.3 is 0 Å². The first kappa shape index (κ1) is 16.0. The second-order valence-electron chi connectivity index (χ2n) is 5.69. The molecule has 1 atom stereocenters. The van der Waals surface area contributed by atoms with Crippen molar-refractivity contribution in [1.29, 1.82) is 0 Å². The normalized spacial score (nSPS) is 17.6. The Morgan fingerprint density at radius 1 is 1.24 bits per heavy atom. The fourth-order valence-electron chi connectivity index (χ4n) is 2.53. The monoisotopic (exact) mass is 310 g/mol. The highest BCUT2D eigenvalue weighted by atomic mass is 32.2. The van der Waals surface area contributed by atoms with Gasteiger partial charge in [-0.1, -0.05) is 24.3 Å². The van der Waals surface area contributed by atoms with Gasteiger partial charge in [0.25, 0.3) is 0 Å². The molecule has 0 aromatic heterocycles. The molecule has 0 bridgehead atoms. The molecule has 21 heavy (non-hydrogen) atoms. The molecular formula is C15H22N2O3S. The molecule has 0 radical (unpaired) electrons. The number of nitrogens with zero attached hydrogens (tertiary/aromatic N) is 1. The van der Waals surface area contributed by atoms with Crippen LogP contribution in [0.3, 0.4) is 0 Å². The van der Waals surface area contributed by atoms with E-state index in [1.54, 1.807) is 6.92 Å². The smallest absolute Gasteiger partial charge is 0.240 e. The van der Waals surface area contributed by atoms with Crippen molar-refractivity contribution < 1.29 is 13.2 Å². The summed E-state index contributed by atoms with van der Waals surface area (Å²) in [5, 5.41) is 0. The van der Waals surface area contributed by atoms with Crippen LogP contribution in [0, 0.1) is 0 Å². The summed E-state index contributed by atoms with van der Waals surface area (Å²) in [5.41, 5.74) is 2.04. The van der Waals surface area contributed by atoms with Gasteiger partial charge in [0, 0.05) is 6.54 Å². The number of hydrogen-bond acceptors (Lipinski definition) is 4. The number of sulfonamides is 1. The zero-order valence-corrected chi connectivity index (χ0v) is 13.3. The Labute approximate surface area is 126 Å². The van der Waals surface area contributed by atoms with Gasteiger partial charge in [-0.15, -0.1) is 0 Å². The molecule has 1 aromatic carbocycles. The standard InChI is InChI=1S/C15H22N2O3S/c1-12(15(18)16-21(2,19)20)14-7-5-13(6-8-14)11-17-9-3-4-10-17/h5-8,12H,3-4,9-11H2,1-2H3,(H,16,18)/t12-/m1/s1. The van der Waals surface area contributed by atoms with Gasteiger partial charge < -0.3 is 0 Å². The van der Waals surface area contributed by atoms with Crippen molar-refractivity contribution in [2.75, 3.05) is 19.3 Å². The Hall–Kier alpha value is -1.40. The highest BCUT2D eigenvalue weighted by molar-refractivity contribution is 7.89. The van der Waals surface area contributed by atoms with Crippen LogP contribution < -0.4 is 4.72 Å². The average Bonchev–Trinajstić information content (AvgIpc) is 2.90. The Morgan fingerprint density at radius 2 is 1.81 bits per heavy atom. The first-order valence-electron chi connectivity index (χ1n) is 7.18. The lowest BCUT2D eigenvalue weighted by atomic mass is 9.99. The fraction of sp³-hybridized carbons (Fsp3) is 0.533. The predicted octanol–water partition coefficient (Wildman–Crippen LogP) is 1.46. The van der Waals surface area contributed by atoms with E-state index in [2.05, 4.69) is 4.90 Å². The second kappa shape index (κ2) is 6.58. The van der Waals surface area contributed by atoms with Gasteiger partial charge in [-0.05, 0) is 44.0 Å². The van der Waals surface area contributed by atoms with Crippen LogP contribution in [0.4, 0.5) is 0 Å². The van der Waals surface area contributed by atoms with Crippen molar-refractivity contribution in [2.45, 2.75) is 32.2 Å². The van der Waals surface area contributed by atoms with Crippen molar-refractivity contribution in [2.24, 2.45) is 0 Å². The molecule has 1 N–H and O–H groups in total. The fourth-order valence-corrected chi connectivity index (χ4v) is 3.08. The number of nitrogens with one attached hydrogen (secondary N) is 1. The number of benzene rings is 1. The molecule has 0 aliphatic carbocycles. The van der Waals surface area contributed by atoms with Gasteiger partial charge in [0.05, 0.1) is 12.2 Å². The molecule has 1 heterocycles. The van der Waals surface area contributed by atoms with Crippen LogP contribution in [0.25, 0.3) is 0 Å². The van der Waals surface area contributed by atoms with Crippen LogP contribution in [-0.2, 0) is 21.4 Å². The molecule has 0 saturated carbocycles. The SMILES string of the molecule is C[C@@H](C(=O)NS(C)(=O)=O)c1ccc(CN2CCCC2)cc1. The molecule has 116 valence electrons. The van der Waals surface area contributed by atoms with E-state index < -0.39 is 21.8 Å². The lowest BCUT2D eigenvalue weighted by Gasteiger charge is -2.16. The van der Waals surface area contributed by atoms with Crippen molar-refractivity contribution in [3.63, 3.8) is 0 Å². The quantitative estimate of drug-likeness (QED) is 0.894. The third-order valence-corrected chi connectivity index (χ3v) is 4.34. The number of amides is 1. The van der Waals surface area contributed by atoms with Gasteiger partial charge in [0.15, 0.2) is 0 Å². The molecule has 0 unspecified atom stereocenters. The first-order chi connectivity index (χ1) is 9.85. The molecule has 1 aliphatic heterocycles. The van der Waals surface area contributed by atoms with Gasteiger partial charge in [-0.3, -0.25) is 14.4 Å². The molecule has 1 saturated heterocycles. The van der Waals surface area contributed by atoms with E-state index in [1.807, 2.05) is 29.0 Å². The Kier molecular flexibility index (Phi) is 5.00. The molecular weight excluding hydrogens is 288 g/mol. The minimum atomic E-state index is -3.51. The van der Waals surface area contributed by atoms with E-state index in [4.69, 9.17) is 0 Å². The highest BCUT2D eigenvalue weighted by Gasteiger charge is 2.18. The number of hydrogen-bond donors (Lipinski definition) is 1. The number of likely N-dealkylation sites (tertiary alicyclic amines) is 1. The Morgan fingerprint density at radius 3 is 2.33 bits per heavy atom. The van der Waals surface area contributed by atoms with Crippen LogP contribution in [-0.4, -0.2) is 38.6 Å². The lowest BCUT2D eigenvalue weighted by molar-refractivity contribution is -0.120. The summed E-state index contributed by atoms with van der Waals surface area (Å²) in [5.74, 6) is -0.981. The van der Waals surface area contributed by atoms with Crippen LogP contribution in [0.15, 0.2) is 24.3 Å². The van der Waals surface area contributed by atoms with Crippen LogP contribution >= 0.6 is 0 Å². The van der Waals surface area contributed by atoms with Gasteiger partial charge in [0.2, 0.25) is 15.9 Å². The van der Waals surface area contributed by atoms with Gasteiger partial charge in [0.1, 0.15) is 0 Å². The highest BCUT2D eigenvalue weighted by Crippen LogP contribution is 2.18. The molecule has 6 heteroatoms. The average molecular weight is 310 g/mol. The number of carbonyl (C=O) groups is 1. The van der Waals surface area contributed by atoms with Crippen LogP contribution in [0.1, 0.15) is 36.8 Å². The largest absolute Gasteiger partial charge is 0.299 e. The molecule has 1 aliphatic rings. The van der Waals surface area contributed by atoms with Crippen molar-refractivity contribution in [1.82, 2.24) is 9.62 Å². The predicted molar refractivity (Wildman–Crippen MR) is 82.4 cm³/mol. The second-order valence-corrected chi connectivity index (χ2v) is 7.43. The number of carbonyl (C=O) groups excluding carboxylic acids is 1. The van der Waals surface area contributed by atoms with E-state index in [9.17, 15) is 13.2 Å². The topological polar surface area (TPSA) is 66.5 Å². The summed E-state index contributed by atoms with van der Waals surface area (Å²) in [7, 11) is -3.51. The van der Waals surface area contributed by atoms with Crippen molar-refractivity contribution in [3.05, 3.63) is 35.4 Å². The number of rotatable bonds is 5. The van der Waals surface area contributed by atoms with Gasteiger partial charge in [-0.2, -0.15) is 0 Å². The maximum Gasteiger partial charge on any atom is 0.240 e. The minimum absolute atomic E-state index is 0.486. The summed E-state index contributed by atoms with van der Waals surface area (Å²) in [6.07, 6.45) is 3.51. The van der Waals surface area contributed by atoms with Crippen molar-refractivity contribution in [3.8, 4) is 0 Å². The Balaban J connectivity index is 1.98. The molecule has 1 aromatic rings. The van der Waals surface area contributed by atoms with Crippen LogP contribution in [0.2, 0.25) is 0 Å². The van der Waals surface area contributed by atoms with Gasteiger partial charge in [-0.25, -0.2) is 8.42 Å². The van der Waals surface area contributed by atoms with E-state index in [0.717, 1.165) is 31.5 Å². The zero-order chi connectivity index (χ0) is 15.5. The van der Waals surface area contributed by atoms with Crippen molar-refractivity contribution >= 4 is 15.9 Å². The third-order valence-electron chi connectivity index (χ3n) is 3.76. The summed E-state index contributed by atoms with van der Waals surface area (Å²) < 4.78 is 24.2. The van der Waals surface area contributed by atoms with E-state index in [1.165, 1.54) is 18.4 Å². The first-order valence-corrected chi connectivity index (χ1v) is 9.07. The molecule has 0 spiro atoms. The summed E-state index contributed by atoms with van der Waals surface area (Å²) >= 11 is 0. The van der Waals surface area contributed by atoms with Crippen LogP contribution in [0.5, 0.6) is 0 Å². The van der Waals surface area contributed by atoms with E-state index in [-0.39, 0.29) is 0 Å². The minimum Gasteiger partial charge on any atom is -0.299 e. The zero-order valence-electron chi connectivity index (χ0n) is 12.5. The summed E-state index contributed by atoms with van der Waals surface area (Å²) in [4.78, 5) is 14.2. The van der Waals surface area contributed by atoms with E-state index >= 15 is 0 Å².